The number of rotatable bonds is 2. The zero-order chi connectivity index (χ0) is 8.32. The second-order valence-electron chi connectivity index (χ2n) is 2.94. The van der Waals surface area contributed by atoms with Crippen LogP contribution in [0, 0.1) is 0 Å². The SMILES string of the molecule is CCC1(C(=O)NN)CCCN1. The number of hydrogen-bond donors (Lipinski definition) is 3. The summed E-state index contributed by atoms with van der Waals surface area (Å²) in [4.78, 5) is 11.3. The van der Waals surface area contributed by atoms with Crippen molar-refractivity contribution in [2.75, 3.05) is 6.54 Å². The maximum absolute atomic E-state index is 11.3. The molecule has 1 amide bonds. The molecule has 0 aliphatic carbocycles. The van der Waals surface area contributed by atoms with E-state index in [4.69, 9.17) is 5.84 Å². The van der Waals surface area contributed by atoms with Crippen molar-refractivity contribution < 1.29 is 4.79 Å². The van der Waals surface area contributed by atoms with Crippen LogP contribution in [0.2, 0.25) is 0 Å². The van der Waals surface area contributed by atoms with Crippen LogP contribution < -0.4 is 16.6 Å². The van der Waals surface area contributed by atoms with Gasteiger partial charge in [-0.25, -0.2) is 5.84 Å². The maximum Gasteiger partial charge on any atom is 0.254 e. The third-order valence-electron chi connectivity index (χ3n) is 2.41. The first kappa shape index (κ1) is 8.49. The molecule has 64 valence electrons. The van der Waals surface area contributed by atoms with E-state index in [2.05, 4.69) is 10.7 Å². The summed E-state index contributed by atoms with van der Waals surface area (Å²) < 4.78 is 0. The van der Waals surface area contributed by atoms with Gasteiger partial charge in [0.15, 0.2) is 0 Å². The van der Waals surface area contributed by atoms with Gasteiger partial charge in [-0.15, -0.1) is 0 Å². The van der Waals surface area contributed by atoms with Gasteiger partial charge in [0.1, 0.15) is 0 Å². The number of carbonyl (C=O) groups is 1. The highest BCUT2D eigenvalue weighted by Gasteiger charge is 2.38. The van der Waals surface area contributed by atoms with Crippen molar-refractivity contribution in [1.29, 1.82) is 0 Å². The molecule has 1 atom stereocenters. The van der Waals surface area contributed by atoms with Crippen LogP contribution in [0.1, 0.15) is 26.2 Å². The Kier molecular flexibility index (Phi) is 2.46. The molecule has 0 radical (unpaired) electrons. The third-order valence-corrected chi connectivity index (χ3v) is 2.41. The summed E-state index contributed by atoms with van der Waals surface area (Å²) in [5.74, 6) is 4.99. The summed E-state index contributed by atoms with van der Waals surface area (Å²) in [6.45, 7) is 2.91. The molecule has 1 aliphatic rings. The van der Waals surface area contributed by atoms with Gasteiger partial charge in [-0.2, -0.15) is 0 Å². The molecule has 4 nitrogen and oxygen atoms in total. The highest BCUT2D eigenvalue weighted by atomic mass is 16.2. The van der Waals surface area contributed by atoms with Crippen LogP contribution in [0.4, 0.5) is 0 Å². The molecular weight excluding hydrogens is 142 g/mol. The number of carbonyl (C=O) groups excluding carboxylic acids is 1. The zero-order valence-corrected chi connectivity index (χ0v) is 6.81. The van der Waals surface area contributed by atoms with Crippen LogP contribution in [0.5, 0.6) is 0 Å². The predicted octanol–water partition coefficient (Wildman–Crippen LogP) is -0.491. The lowest BCUT2D eigenvalue weighted by Crippen LogP contribution is -2.54. The fraction of sp³-hybridized carbons (Fsp3) is 0.857. The molecule has 1 unspecified atom stereocenters. The first-order chi connectivity index (χ1) is 5.25. The van der Waals surface area contributed by atoms with Crippen molar-refractivity contribution in [1.82, 2.24) is 10.7 Å². The molecule has 1 rings (SSSR count). The second-order valence-corrected chi connectivity index (χ2v) is 2.94. The average molecular weight is 157 g/mol. The Morgan fingerprint density at radius 1 is 1.82 bits per heavy atom. The Morgan fingerprint density at radius 3 is 2.91 bits per heavy atom. The Balaban J connectivity index is 2.66. The normalized spacial score (nSPS) is 30.4. The van der Waals surface area contributed by atoms with Gasteiger partial charge in [-0.05, 0) is 25.8 Å². The monoisotopic (exact) mass is 157 g/mol. The molecule has 0 aromatic carbocycles. The quantitative estimate of drug-likeness (QED) is 0.288. The molecule has 1 fully saturated rings. The third kappa shape index (κ3) is 1.36. The summed E-state index contributed by atoms with van der Waals surface area (Å²) in [6.07, 6.45) is 2.75. The molecule has 4 heteroatoms. The largest absolute Gasteiger partial charge is 0.303 e. The van der Waals surface area contributed by atoms with Crippen molar-refractivity contribution in [2.24, 2.45) is 5.84 Å². The van der Waals surface area contributed by atoms with Gasteiger partial charge in [0.2, 0.25) is 0 Å². The van der Waals surface area contributed by atoms with Crippen LogP contribution in [0.3, 0.4) is 0 Å². The Morgan fingerprint density at radius 2 is 2.55 bits per heavy atom. The van der Waals surface area contributed by atoms with E-state index in [9.17, 15) is 4.79 Å². The Labute approximate surface area is 66.5 Å². The fourth-order valence-electron chi connectivity index (χ4n) is 1.60. The van der Waals surface area contributed by atoms with E-state index in [1.54, 1.807) is 0 Å². The van der Waals surface area contributed by atoms with Crippen LogP contribution in [-0.2, 0) is 4.79 Å². The van der Waals surface area contributed by atoms with Crippen molar-refractivity contribution in [3.8, 4) is 0 Å². The number of nitrogens with two attached hydrogens (primary N) is 1. The number of nitrogens with one attached hydrogen (secondary N) is 2. The minimum atomic E-state index is -0.380. The van der Waals surface area contributed by atoms with Gasteiger partial charge in [-0.1, -0.05) is 6.92 Å². The molecule has 0 bridgehead atoms. The van der Waals surface area contributed by atoms with Crippen molar-refractivity contribution in [3.05, 3.63) is 0 Å². The summed E-state index contributed by atoms with van der Waals surface area (Å²) in [6, 6.07) is 0. The lowest BCUT2D eigenvalue weighted by molar-refractivity contribution is -0.127. The van der Waals surface area contributed by atoms with Gasteiger partial charge in [0, 0.05) is 0 Å². The van der Waals surface area contributed by atoms with E-state index in [0.29, 0.717) is 0 Å². The minimum Gasteiger partial charge on any atom is -0.303 e. The van der Waals surface area contributed by atoms with E-state index < -0.39 is 0 Å². The smallest absolute Gasteiger partial charge is 0.254 e. The van der Waals surface area contributed by atoms with E-state index in [1.807, 2.05) is 6.92 Å². The second kappa shape index (κ2) is 3.19. The first-order valence-corrected chi connectivity index (χ1v) is 4.01. The summed E-state index contributed by atoms with van der Waals surface area (Å²) in [5, 5.41) is 3.18. The van der Waals surface area contributed by atoms with Crippen LogP contribution in [0.25, 0.3) is 0 Å². The molecule has 1 saturated heterocycles. The maximum atomic E-state index is 11.3. The number of hydrogen-bond acceptors (Lipinski definition) is 3. The highest BCUT2D eigenvalue weighted by Crippen LogP contribution is 2.22. The lowest BCUT2D eigenvalue weighted by atomic mass is 9.93. The highest BCUT2D eigenvalue weighted by molar-refractivity contribution is 5.86. The lowest BCUT2D eigenvalue weighted by Gasteiger charge is -2.25. The number of hydrazine groups is 1. The Hall–Kier alpha value is -0.610. The summed E-state index contributed by atoms with van der Waals surface area (Å²) in [7, 11) is 0. The molecule has 0 spiro atoms. The van der Waals surface area contributed by atoms with Gasteiger partial charge in [0.05, 0.1) is 5.54 Å². The molecular formula is C7H15N3O. The average Bonchev–Trinajstić information content (AvgIpc) is 2.52. The first-order valence-electron chi connectivity index (χ1n) is 4.01. The van der Waals surface area contributed by atoms with Crippen LogP contribution >= 0.6 is 0 Å². The van der Waals surface area contributed by atoms with Crippen molar-refractivity contribution in [3.63, 3.8) is 0 Å². The topological polar surface area (TPSA) is 67.2 Å². The van der Waals surface area contributed by atoms with Crippen LogP contribution in [0.15, 0.2) is 0 Å². The van der Waals surface area contributed by atoms with Crippen molar-refractivity contribution >= 4 is 5.91 Å². The summed E-state index contributed by atoms with van der Waals surface area (Å²) >= 11 is 0. The minimum absolute atomic E-state index is 0.0856. The molecule has 1 heterocycles. The van der Waals surface area contributed by atoms with Gasteiger partial charge < -0.3 is 5.32 Å². The summed E-state index contributed by atoms with van der Waals surface area (Å²) in [5.41, 5.74) is 1.82. The van der Waals surface area contributed by atoms with E-state index in [0.717, 1.165) is 25.8 Å². The van der Waals surface area contributed by atoms with Gasteiger partial charge >= 0.3 is 0 Å². The van der Waals surface area contributed by atoms with Gasteiger partial charge in [0.25, 0.3) is 5.91 Å². The molecule has 0 saturated carbocycles. The van der Waals surface area contributed by atoms with E-state index in [-0.39, 0.29) is 11.4 Å². The fourth-order valence-corrected chi connectivity index (χ4v) is 1.60. The molecule has 0 aromatic heterocycles. The predicted molar refractivity (Wildman–Crippen MR) is 42.6 cm³/mol. The number of amides is 1. The van der Waals surface area contributed by atoms with E-state index >= 15 is 0 Å². The van der Waals surface area contributed by atoms with Crippen LogP contribution in [-0.4, -0.2) is 18.0 Å². The van der Waals surface area contributed by atoms with E-state index in [1.165, 1.54) is 0 Å². The zero-order valence-electron chi connectivity index (χ0n) is 6.81. The molecule has 1 aliphatic heterocycles. The van der Waals surface area contributed by atoms with Crippen molar-refractivity contribution in [2.45, 2.75) is 31.7 Å². The molecule has 4 N–H and O–H groups in total. The Bertz CT molecular complexity index is 152. The molecule has 0 aromatic rings. The van der Waals surface area contributed by atoms with Gasteiger partial charge in [-0.3, -0.25) is 10.2 Å². The molecule has 11 heavy (non-hydrogen) atoms. The standard InChI is InChI=1S/C7H15N3O/c1-2-7(6(11)10-8)4-3-5-9-7/h9H,2-5,8H2,1H3,(H,10,11).